The molecule has 0 aliphatic rings. The molecule has 0 unspecified atom stereocenters. The lowest BCUT2D eigenvalue weighted by atomic mass is 10.1. The Hall–Kier alpha value is -3.22. The summed E-state index contributed by atoms with van der Waals surface area (Å²) in [6.07, 6.45) is 1.56. The first-order valence-corrected chi connectivity index (χ1v) is 8.42. The molecule has 0 aliphatic carbocycles. The number of hydrogen-bond donors (Lipinski definition) is 1. The van der Waals surface area contributed by atoms with E-state index in [0.717, 1.165) is 11.1 Å². The molecule has 0 saturated heterocycles. The lowest BCUT2D eigenvalue weighted by Gasteiger charge is -2.13. The summed E-state index contributed by atoms with van der Waals surface area (Å²) < 4.78 is 2.50. The second kappa shape index (κ2) is 7.35. The van der Waals surface area contributed by atoms with E-state index < -0.39 is 11.1 Å². The molecular formula is C19H20N4O3. The lowest BCUT2D eigenvalue weighted by molar-refractivity contribution is -0.121. The number of rotatable bonds is 5. The van der Waals surface area contributed by atoms with Crippen LogP contribution in [0, 0.1) is 6.92 Å². The van der Waals surface area contributed by atoms with E-state index in [1.165, 1.54) is 9.13 Å². The molecule has 0 aliphatic heterocycles. The molecule has 1 N–H and O–H groups in total. The highest BCUT2D eigenvalue weighted by molar-refractivity contribution is 5.78. The number of carbonyl (C=O) groups excluding carboxylic acids is 1. The molecule has 2 aromatic heterocycles. The van der Waals surface area contributed by atoms with Crippen molar-refractivity contribution in [1.29, 1.82) is 0 Å². The van der Waals surface area contributed by atoms with Gasteiger partial charge in [0, 0.05) is 19.3 Å². The van der Waals surface area contributed by atoms with Gasteiger partial charge in [-0.2, -0.15) is 0 Å². The Kier molecular flexibility index (Phi) is 4.97. The highest BCUT2D eigenvalue weighted by atomic mass is 16.2. The van der Waals surface area contributed by atoms with E-state index in [1.54, 1.807) is 25.3 Å². The average molecular weight is 352 g/mol. The third-order valence-electron chi connectivity index (χ3n) is 4.18. The molecule has 1 aromatic carbocycles. The van der Waals surface area contributed by atoms with E-state index in [0.29, 0.717) is 24.3 Å². The molecule has 26 heavy (non-hydrogen) atoms. The molecule has 1 amide bonds. The van der Waals surface area contributed by atoms with Gasteiger partial charge in [0.05, 0.1) is 5.52 Å². The number of hydrogen-bond acceptors (Lipinski definition) is 4. The van der Waals surface area contributed by atoms with Crippen molar-refractivity contribution >= 4 is 17.1 Å². The Morgan fingerprint density at radius 1 is 1.12 bits per heavy atom. The van der Waals surface area contributed by atoms with Gasteiger partial charge >= 0.3 is 11.1 Å². The van der Waals surface area contributed by atoms with Crippen molar-refractivity contribution in [3.8, 4) is 0 Å². The molecule has 0 bridgehead atoms. The summed E-state index contributed by atoms with van der Waals surface area (Å²) in [4.78, 5) is 41.3. The first-order chi connectivity index (χ1) is 12.5. The molecular weight excluding hydrogens is 332 g/mol. The van der Waals surface area contributed by atoms with E-state index in [4.69, 9.17) is 0 Å². The van der Waals surface area contributed by atoms with Gasteiger partial charge in [-0.05, 0) is 31.5 Å². The van der Waals surface area contributed by atoms with Crippen molar-refractivity contribution in [1.82, 2.24) is 19.4 Å². The predicted molar refractivity (Wildman–Crippen MR) is 99.0 cm³/mol. The van der Waals surface area contributed by atoms with Gasteiger partial charge in [-0.25, -0.2) is 4.98 Å². The normalized spacial score (nSPS) is 10.8. The van der Waals surface area contributed by atoms with Crippen LogP contribution in [-0.4, -0.2) is 20.0 Å². The Bertz CT molecular complexity index is 1080. The highest BCUT2D eigenvalue weighted by Crippen LogP contribution is 2.07. The van der Waals surface area contributed by atoms with E-state index in [9.17, 15) is 14.4 Å². The van der Waals surface area contributed by atoms with Crippen LogP contribution in [-0.2, 0) is 24.4 Å². The predicted octanol–water partition coefficient (Wildman–Crippen LogP) is 1.20. The van der Waals surface area contributed by atoms with Gasteiger partial charge in [-0.1, -0.05) is 29.8 Å². The Morgan fingerprint density at radius 3 is 2.62 bits per heavy atom. The molecule has 0 saturated carbocycles. The summed E-state index contributed by atoms with van der Waals surface area (Å²) in [7, 11) is 0. The van der Waals surface area contributed by atoms with Crippen LogP contribution in [0.4, 0.5) is 0 Å². The molecule has 134 valence electrons. The fourth-order valence-electron chi connectivity index (χ4n) is 2.92. The fourth-order valence-corrected chi connectivity index (χ4v) is 2.92. The maximum absolute atomic E-state index is 12.4. The van der Waals surface area contributed by atoms with Gasteiger partial charge in [-0.15, -0.1) is 0 Å². The summed E-state index contributed by atoms with van der Waals surface area (Å²) >= 11 is 0. The van der Waals surface area contributed by atoms with Gasteiger partial charge in [0.2, 0.25) is 5.91 Å². The van der Waals surface area contributed by atoms with Crippen molar-refractivity contribution in [2.45, 2.75) is 33.5 Å². The van der Waals surface area contributed by atoms with Gasteiger partial charge in [-0.3, -0.25) is 23.5 Å². The number of carbonyl (C=O) groups is 1. The van der Waals surface area contributed by atoms with Crippen LogP contribution in [0.2, 0.25) is 0 Å². The SMILES string of the molecule is CCn1c(=O)c(=O)n(CC(=O)NCc2cccc(C)c2)c2cccnc21. The van der Waals surface area contributed by atoms with Crippen molar-refractivity contribution < 1.29 is 4.79 Å². The number of nitrogens with zero attached hydrogens (tertiary/aromatic N) is 3. The largest absolute Gasteiger partial charge is 0.350 e. The minimum Gasteiger partial charge on any atom is -0.350 e. The molecule has 7 nitrogen and oxygen atoms in total. The molecule has 0 fully saturated rings. The molecule has 3 aromatic rings. The zero-order valence-electron chi connectivity index (χ0n) is 14.7. The Balaban J connectivity index is 1.89. The molecule has 2 heterocycles. The van der Waals surface area contributed by atoms with Crippen LogP contribution < -0.4 is 16.4 Å². The third-order valence-corrected chi connectivity index (χ3v) is 4.18. The molecule has 0 atom stereocenters. The van der Waals surface area contributed by atoms with Gasteiger partial charge < -0.3 is 5.32 Å². The summed E-state index contributed by atoms with van der Waals surface area (Å²) in [5, 5.41) is 2.79. The van der Waals surface area contributed by atoms with Crippen molar-refractivity contribution in [2.75, 3.05) is 0 Å². The zero-order chi connectivity index (χ0) is 18.7. The molecule has 7 heteroatoms. The monoisotopic (exact) mass is 352 g/mol. The first kappa shape index (κ1) is 17.6. The number of fused-ring (bicyclic) bond motifs is 1. The molecule has 0 radical (unpaired) electrons. The number of pyridine rings is 1. The number of nitrogens with one attached hydrogen (secondary N) is 1. The van der Waals surface area contributed by atoms with Crippen molar-refractivity contribution in [3.05, 3.63) is 74.4 Å². The van der Waals surface area contributed by atoms with Crippen LogP contribution >= 0.6 is 0 Å². The minimum atomic E-state index is -0.724. The van der Waals surface area contributed by atoms with Gasteiger partial charge in [0.25, 0.3) is 0 Å². The minimum absolute atomic E-state index is 0.230. The molecule has 0 spiro atoms. The van der Waals surface area contributed by atoms with Crippen LogP contribution in [0.3, 0.4) is 0 Å². The van der Waals surface area contributed by atoms with Gasteiger partial charge in [0.15, 0.2) is 5.65 Å². The summed E-state index contributed by atoms with van der Waals surface area (Å²) in [6.45, 7) is 4.21. The first-order valence-electron chi connectivity index (χ1n) is 8.42. The Labute approximate surface area is 149 Å². The number of aromatic nitrogens is 3. The quantitative estimate of drug-likeness (QED) is 0.699. The zero-order valence-corrected chi connectivity index (χ0v) is 14.7. The summed E-state index contributed by atoms with van der Waals surface area (Å²) in [5.41, 5.74) is 1.53. The van der Waals surface area contributed by atoms with Crippen molar-refractivity contribution in [2.24, 2.45) is 0 Å². The van der Waals surface area contributed by atoms with E-state index >= 15 is 0 Å². The van der Waals surface area contributed by atoms with Crippen LogP contribution in [0.1, 0.15) is 18.1 Å². The molecule has 3 rings (SSSR count). The number of benzene rings is 1. The van der Waals surface area contributed by atoms with Gasteiger partial charge in [0.1, 0.15) is 6.54 Å². The number of aryl methyl sites for hydroxylation is 2. The second-order valence-electron chi connectivity index (χ2n) is 6.05. The average Bonchev–Trinajstić information content (AvgIpc) is 2.64. The van der Waals surface area contributed by atoms with E-state index in [-0.39, 0.29) is 12.5 Å². The van der Waals surface area contributed by atoms with Crippen molar-refractivity contribution in [3.63, 3.8) is 0 Å². The maximum Gasteiger partial charge on any atom is 0.318 e. The van der Waals surface area contributed by atoms with Crippen LogP contribution in [0.25, 0.3) is 11.2 Å². The third kappa shape index (κ3) is 3.42. The standard InChI is InChI=1S/C19H20N4O3/c1-3-22-17-15(8-5-9-20-17)23(19(26)18(22)25)12-16(24)21-11-14-7-4-6-13(2)10-14/h4-10H,3,11-12H2,1-2H3,(H,21,24). The second-order valence-corrected chi connectivity index (χ2v) is 6.05. The maximum atomic E-state index is 12.4. The lowest BCUT2D eigenvalue weighted by Crippen LogP contribution is -2.43. The topological polar surface area (TPSA) is 86.0 Å². The van der Waals surface area contributed by atoms with Crippen LogP contribution in [0.5, 0.6) is 0 Å². The van der Waals surface area contributed by atoms with E-state index in [1.807, 2.05) is 31.2 Å². The summed E-state index contributed by atoms with van der Waals surface area (Å²) in [6, 6.07) is 11.2. The number of amides is 1. The van der Waals surface area contributed by atoms with E-state index in [2.05, 4.69) is 10.3 Å². The highest BCUT2D eigenvalue weighted by Gasteiger charge is 2.15. The van der Waals surface area contributed by atoms with Crippen LogP contribution in [0.15, 0.2) is 52.2 Å². The Morgan fingerprint density at radius 2 is 1.88 bits per heavy atom. The summed E-state index contributed by atoms with van der Waals surface area (Å²) in [5.74, 6) is -0.340. The smallest absolute Gasteiger partial charge is 0.318 e. The fraction of sp³-hybridized carbons (Fsp3) is 0.263.